The van der Waals surface area contributed by atoms with E-state index in [4.69, 9.17) is 24.7 Å². The lowest BCUT2D eigenvalue weighted by Crippen LogP contribution is -2.36. The van der Waals surface area contributed by atoms with E-state index in [9.17, 15) is 4.79 Å². The first-order valence-corrected chi connectivity index (χ1v) is 12.4. The van der Waals surface area contributed by atoms with Crippen molar-refractivity contribution >= 4 is 39.0 Å². The molecule has 0 atom stereocenters. The van der Waals surface area contributed by atoms with Crippen molar-refractivity contribution in [3.63, 3.8) is 0 Å². The number of para-hydroxylation sites is 1. The standard InChI is InChI=1S/C27H25N5O4S/c1-15(2)32-14-21(36-31-32)30-26(33)25-23(28)22-18(17-11-8-12-20(34-3)24(17)35-4)13-19(29-27(22)37-25)16-9-6-5-7-10-16/h5-15H,1-4H3,(H2-,28,30,31,33)/p+1. The second-order valence-corrected chi connectivity index (χ2v) is 9.58. The number of anilines is 2. The Kier molecular flexibility index (Phi) is 6.49. The minimum Gasteiger partial charge on any atom is -0.493 e. The lowest BCUT2D eigenvalue weighted by Gasteiger charge is -2.15. The Bertz CT molecular complexity index is 1590. The van der Waals surface area contributed by atoms with Crippen molar-refractivity contribution in [3.05, 3.63) is 65.7 Å². The number of methoxy groups -OCH3 is 2. The van der Waals surface area contributed by atoms with Crippen LogP contribution in [0, 0.1) is 0 Å². The van der Waals surface area contributed by atoms with Crippen molar-refractivity contribution in [2.75, 3.05) is 25.3 Å². The van der Waals surface area contributed by atoms with E-state index in [-0.39, 0.29) is 11.9 Å². The van der Waals surface area contributed by atoms with Gasteiger partial charge in [0, 0.05) is 22.1 Å². The largest absolute Gasteiger partial charge is 0.493 e. The summed E-state index contributed by atoms with van der Waals surface area (Å²) in [4.78, 5) is 19.1. The van der Waals surface area contributed by atoms with Gasteiger partial charge in [0.15, 0.2) is 17.5 Å². The van der Waals surface area contributed by atoms with E-state index < -0.39 is 5.91 Å². The van der Waals surface area contributed by atoms with E-state index in [0.717, 1.165) is 22.4 Å². The molecule has 3 aromatic heterocycles. The number of fused-ring (bicyclic) bond motifs is 1. The highest BCUT2D eigenvalue weighted by Crippen LogP contribution is 2.46. The van der Waals surface area contributed by atoms with E-state index >= 15 is 0 Å². The average molecular weight is 517 g/mol. The number of nitrogens with one attached hydrogen (secondary N) is 1. The monoisotopic (exact) mass is 516 g/mol. The molecule has 5 rings (SSSR count). The van der Waals surface area contributed by atoms with Crippen LogP contribution in [0.15, 0.2) is 65.3 Å². The quantitative estimate of drug-likeness (QED) is 0.281. The second-order valence-electron chi connectivity index (χ2n) is 8.58. The minimum atomic E-state index is -0.405. The molecular formula is C27H26N5O4S+. The van der Waals surface area contributed by atoms with E-state index in [0.29, 0.717) is 32.3 Å². The van der Waals surface area contributed by atoms with Crippen LogP contribution in [0.2, 0.25) is 0 Å². The van der Waals surface area contributed by atoms with E-state index in [1.165, 1.54) is 11.3 Å². The van der Waals surface area contributed by atoms with E-state index in [2.05, 4.69) is 10.6 Å². The lowest BCUT2D eigenvalue weighted by molar-refractivity contribution is -0.779. The van der Waals surface area contributed by atoms with Crippen LogP contribution < -0.4 is 25.2 Å². The minimum absolute atomic E-state index is 0.0878. The third-order valence-electron chi connectivity index (χ3n) is 5.92. The van der Waals surface area contributed by atoms with Crippen molar-refractivity contribution in [2.24, 2.45) is 0 Å². The van der Waals surface area contributed by atoms with E-state index in [1.54, 1.807) is 25.1 Å². The van der Waals surface area contributed by atoms with Gasteiger partial charge in [-0.3, -0.25) is 14.6 Å². The fourth-order valence-electron chi connectivity index (χ4n) is 4.08. The molecule has 0 fully saturated rings. The zero-order valence-electron chi connectivity index (χ0n) is 20.8. The third kappa shape index (κ3) is 4.47. The number of carbonyl (C=O) groups is 1. The Labute approximate surface area is 217 Å². The molecule has 0 bridgehead atoms. The fourth-order valence-corrected chi connectivity index (χ4v) is 5.10. The van der Waals surface area contributed by atoms with Gasteiger partial charge in [-0.2, -0.15) is 0 Å². The molecule has 3 heterocycles. The topological polar surface area (TPSA) is 116 Å². The molecule has 0 saturated heterocycles. The highest BCUT2D eigenvalue weighted by Gasteiger charge is 2.25. The maximum Gasteiger partial charge on any atom is 0.302 e. The van der Waals surface area contributed by atoms with Crippen LogP contribution >= 0.6 is 11.3 Å². The van der Waals surface area contributed by atoms with Crippen molar-refractivity contribution < 1.29 is 23.5 Å². The van der Waals surface area contributed by atoms with Crippen molar-refractivity contribution in [1.29, 1.82) is 0 Å². The maximum absolute atomic E-state index is 13.3. The number of nitrogen functional groups attached to an aromatic ring is 1. The number of nitrogens with two attached hydrogens (primary N) is 1. The number of hydrogen-bond acceptors (Lipinski definition) is 8. The van der Waals surface area contributed by atoms with Crippen molar-refractivity contribution in [1.82, 2.24) is 10.3 Å². The molecule has 0 unspecified atom stereocenters. The molecule has 10 heteroatoms. The number of rotatable bonds is 7. The molecule has 0 radical (unpaired) electrons. The SMILES string of the molecule is COc1cccc(-c2cc(-c3ccccc3)nc3sc(C(=O)Nc4c[n+](C(C)C)no4)c(N)c23)c1OC. The van der Waals surface area contributed by atoms with Crippen LogP contribution in [0.25, 0.3) is 32.6 Å². The number of thiophene rings is 1. The van der Waals surface area contributed by atoms with Gasteiger partial charge in [0.25, 0.3) is 12.1 Å². The molecule has 1 amide bonds. The van der Waals surface area contributed by atoms with Crippen LogP contribution in [-0.2, 0) is 0 Å². The fraction of sp³-hybridized carbons (Fsp3) is 0.185. The first kappa shape index (κ1) is 24.3. The summed E-state index contributed by atoms with van der Waals surface area (Å²) in [6, 6.07) is 17.5. The molecule has 37 heavy (non-hydrogen) atoms. The van der Waals surface area contributed by atoms with Crippen molar-refractivity contribution in [3.8, 4) is 33.9 Å². The van der Waals surface area contributed by atoms with Crippen LogP contribution in [0.3, 0.4) is 0 Å². The van der Waals surface area contributed by atoms with Gasteiger partial charge in [-0.15, -0.1) is 11.3 Å². The third-order valence-corrected chi connectivity index (χ3v) is 7.01. The molecule has 5 aromatic rings. The normalized spacial score (nSPS) is 11.2. The van der Waals surface area contributed by atoms with Crippen LogP contribution in [0.4, 0.5) is 11.6 Å². The molecule has 0 saturated carbocycles. The summed E-state index contributed by atoms with van der Waals surface area (Å²) < 4.78 is 18.1. The Morgan fingerprint density at radius 3 is 2.54 bits per heavy atom. The maximum atomic E-state index is 13.3. The lowest BCUT2D eigenvalue weighted by atomic mass is 9.98. The van der Waals surface area contributed by atoms with Gasteiger partial charge in [0.2, 0.25) is 5.27 Å². The number of benzene rings is 2. The van der Waals surface area contributed by atoms with Gasteiger partial charge < -0.3 is 15.2 Å². The van der Waals surface area contributed by atoms with Crippen molar-refractivity contribution in [2.45, 2.75) is 19.9 Å². The summed E-state index contributed by atoms with van der Waals surface area (Å²) in [7, 11) is 3.18. The van der Waals surface area contributed by atoms with Gasteiger partial charge in [0.05, 0.1) is 25.6 Å². The predicted octanol–water partition coefficient (Wildman–Crippen LogP) is 5.34. The smallest absolute Gasteiger partial charge is 0.302 e. The number of carbonyl (C=O) groups excluding carboxylic acids is 1. The molecule has 0 spiro atoms. The zero-order chi connectivity index (χ0) is 26.1. The number of amides is 1. The molecule has 9 nitrogen and oxygen atoms in total. The molecule has 3 N–H and O–H groups in total. The Morgan fingerprint density at radius 2 is 1.86 bits per heavy atom. The summed E-state index contributed by atoms with van der Waals surface area (Å²) in [5.74, 6) is 0.968. The molecule has 2 aromatic carbocycles. The summed E-state index contributed by atoms with van der Waals surface area (Å²) in [6.45, 7) is 3.92. The first-order chi connectivity index (χ1) is 17.9. The predicted molar refractivity (Wildman–Crippen MR) is 143 cm³/mol. The Balaban J connectivity index is 1.69. The van der Waals surface area contributed by atoms with Gasteiger partial charge in [-0.25, -0.2) is 4.98 Å². The highest BCUT2D eigenvalue weighted by atomic mass is 32.1. The second kappa shape index (κ2) is 9.90. The average Bonchev–Trinajstić information content (AvgIpc) is 3.52. The zero-order valence-corrected chi connectivity index (χ0v) is 21.6. The van der Waals surface area contributed by atoms with E-state index in [1.807, 2.05) is 68.4 Å². The van der Waals surface area contributed by atoms with Gasteiger partial charge in [0.1, 0.15) is 9.71 Å². The first-order valence-electron chi connectivity index (χ1n) is 11.6. The number of aromatic nitrogens is 3. The van der Waals surface area contributed by atoms with Crippen LogP contribution in [0.1, 0.15) is 29.6 Å². The molecular weight excluding hydrogens is 490 g/mol. The molecule has 0 aliphatic rings. The molecule has 0 aliphatic heterocycles. The summed E-state index contributed by atoms with van der Waals surface area (Å²) in [5, 5.41) is 7.34. The van der Waals surface area contributed by atoms with Crippen LogP contribution in [0.5, 0.6) is 11.5 Å². The van der Waals surface area contributed by atoms with Gasteiger partial charge >= 0.3 is 5.88 Å². The number of nitrogens with zero attached hydrogens (tertiary/aromatic N) is 3. The van der Waals surface area contributed by atoms with Gasteiger partial charge in [-0.1, -0.05) is 42.5 Å². The number of pyridine rings is 1. The highest BCUT2D eigenvalue weighted by molar-refractivity contribution is 7.21. The summed E-state index contributed by atoms with van der Waals surface area (Å²) in [5.41, 5.74) is 10.2. The molecule has 0 aliphatic carbocycles. The Hall–Kier alpha value is -4.44. The number of hydrogen-bond donors (Lipinski definition) is 2. The van der Waals surface area contributed by atoms with Crippen LogP contribution in [-0.4, -0.2) is 30.4 Å². The number of ether oxygens (including phenoxy) is 2. The molecule has 188 valence electrons. The summed E-state index contributed by atoms with van der Waals surface area (Å²) >= 11 is 1.22. The summed E-state index contributed by atoms with van der Waals surface area (Å²) in [6.07, 6.45) is 1.63. The Morgan fingerprint density at radius 1 is 1.08 bits per heavy atom. The van der Waals surface area contributed by atoms with Gasteiger partial charge in [-0.05, 0) is 30.7 Å².